The largest absolute Gasteiger partial charge is 0.302 e. The van der Waals surface area contributed by atoms with Crippen LogP contribution >= 0.6 is 7.29 Å². The third kappa shape index (κ3) is 5.01. The van der Waals surface area contributed by atoms with E-state index in [0.29, 0.717) is 18.3 Å². The Labute approximate surface area is 154 Å². The Morgan fingerprint density at radius 1 is 1.23 bits per heavy atom. The zero-order valence-corrected chi connectivity index (χ0v) is 16.3. The van der Waals surface area contributed by atoms with Crippen LogP contribution in [0.1, 0.15) is 25.8 Å². The summed E-state index contributed by atoms with van der Waals surface area (Å²) in [5, 5.41) is 9.91. The quantitative estimate of drug-likeness (QED) is 0.421. The maximum atomic E-state index is 13.8. The SMILES string of the molecule is CC(C)CC(C(=O)NO)N(Cc1cccnc1)P(C)(=O)c1ccccc1. The molecule has 0 fully saturated rings. The van der Waals surface area contributed by atoms with Crippen molar-refractivity contribution in [3.63, 3.8) is 0 Å². The molecular weight excluding hydrogens is 349 g/mol. The molecule has 0 radical (unpaired) electrons. The number of hydroxylamine groups is 1. The first-order valence-corrected chi connectivity index (χ1v) is 10.7. The number of benzene rings is 1. The third-order valence-electron chi connectivity index (χ3n) is 4.26. The molecule has 0 saturated carbocycles. The molecule has 1 aromatic carbocycles. The van der Waals surface area contributed by atoms with Crippen molar-refractivity contribution in [3.8, 4) is 0 Å². The second-order valence-corrected chi connectivity index (χ2v) is 9.58. The monoisotopic (exact) mass is 375 g/mol. The molecule has 1 aromatic heterocycles. The zero-order chi connectivity index (χ0) is 19.2. The van der Waals surface area contributed by atoms with Gasteiger partial charge in [-0.1, -0.05) is 50.2 Å². The molecule has 140 valence electrons. The Balaban J connectivity index is 2.49. The highest BCUT2D eigenvalue weighted by Gasteiger charge is 2.37. The Kier molecular flexibility index (Phi) is 7.09. The Bertz CT molecular complexity index is 753. The van der Waals surface area contributed by atoms with Crippen LogP contribution < -0.4 is 10.8 Å². The number of carbonyl (C=O) groups is 1. The van der Waals surface area contributed by atoms with Crippen molar-refractivity contribution in [2.24, 2.45) is 5.92 Å². The van der Waals surface area contributed by atoms with Crippen molar-refractivity contribution in [3.05, 3.63) is 60.4 Å². The van der Waals surface area contributed by atoms with E-state index in [2.05, 4.69) is 4.98 Å². The molecule has 1 heterocycles. The minimum Gasteiger partial charge on any atom is -0.302 e. The van der Waals surface area contributed by atoms with Crippen LogP contribution in [0, 0.1) is 5.92 Å². The molecule has 2 unspecified atom stereocenters. The van der Waals surface area contributed by atoms with Gasteiger partial charge in [0.2, 0.25) is 0 Å². The molecule has 2 N–H and O–H groups in total. The van der Waals surface area contributed by atoms with Gasteiger partial charge in [-0.3, -0.25) is 15.0 Å². The van der Waals surface area contributed by atoms with Crippen molar-refractivity contribution in [2.75, 3.05) is 6.66 Å². The fraction of sp³-hybridized carbons (Fsp3) is 0.368. The second kappa shape index (κ2) is 9.08. The van der Waals surface area contributed by atoms with Crippen LogP contribution in [0.3, 0.4) is 0 Å². The van der Waals surface area contributed by atoms with Crippen LogP contribution in [0.15, 0.2) is 54.9 Å². The van der Waals surface area contributed by atoms with Gasteiger partial charge in [-0.05, 0) is 24.0 Å². The summed E-state index contributed by atoms with van der Waals surface area (Å²) in [4.78, 5) is 16.5. The molecule has 0 aliphatic carbocycles. The lowest BCUT2D eigenvalue weighted by atomic mass is 10.0. The molecule has 1 amide bonds. The third-order valence-corrected chi connectivity index (χ3v) is 6.92. The van der Waals surface area contributed by atoms with Crippen LogP contribution in [0.25, 0.3) is 0 Å². The number of carbonyl (C=O) groups excluding carboxylic acids is 1. The maximum absolute atomic E-state index is 13.8. The van der Waals surface area contributed by atoms with Gasteiger partial charge < -0.3 is 4.57 Å². The lowest BCUT2D eigenvalue weighted by Crippen LogP contribution is -2.46. The molecule has 0 saturated heterocycles. The molecule has 0 aliphatic rings. The van der Waals surface area contributed by atoms with Gasteiger partial charge in [0, 0.05) is 30.9 Å². The number of nitrogens with one attached hydrogen (secondary N) is 1. The number of aromatic nitrogens is 1. The van der Waals surface area contributed by atoms with Gasteiger partial charge >= 0.3 is 0 Å². The highest BCUT2D eigenvalue weighted by molar-refractivity contribution is 7.68. The van der Waals surface area contributed by atoms with Gasteiger partial charge in [0.25, 0.3) is 5.91 Å². The van der Waals surface area contributed by atoms with Crippen molar-refractivity contribution >= 4 is 18.5 Å². The lowest BCUT2D eigenvalue weighted by Gasteiger charge is -2.36. The minimum absolute atomic E-state index is 0.185. The number of hydrogen-bond acceptors (Lipinski definition) is 4. The van der Waals surface area contributed by atoms with E-state index in [9.17, 15) is 14.6 Å². The highest BCUT2D eigenvalue weighted by Crippen LogP contribution is 2.48. The molecule has 0 bridgehead atoms. The maximum Gasteiger partial charge on any atom is 0.261 e. The van der Waals surface area contributed by atoms with Gasteiger partial charge in [0.15, 0.2) is 7.29 Å². The van der Waals surface area contributed by atoms with Crippen molar-refractivity contribution in [1.29, 1.82) is 0 Å². The highest BCUT2D eigenvalue weighted by atomic mass is 31.2. The van der Waals surface area contributed by atoms with Gasteiger partial charge in [-0.2, -0.15) is 0 Å². The van der Waals surface area contributed by atoms with Gasteiger partial charge in [0.1, 0.15) is 0 Å². The molecule has 0 aliphatic heterocycles. The summed E-state index contributed by atoms with van der Waals surface area (Å²) in [7, 11) is -3.07. The molecule has 26 heavy (non-hydrogen) atoms. The minimum atomic E-state index is -3.07. The van der Waals surface area contributed by atoms with Gasteiger partial charge in [-0.15, -0.1) is 0 Å². The number of pyridine rings is 1. The van der Waals surface area contributed by atoms with Crippen LogP contribution in [-0.2, 0) is 15.9 Å². The second-order valence-electron chi connectivity index (χ2n) is 6.79. The first kappa shape index (κ1) is 20.3. The summed E-state index contributed by atoms with van der Waals surface area (Å²) in [6.07, 6.45) is 3.83. The van der Waals surface area contributed by atoms with Crippen molar-refractivity contribution < 1.29 is 14.6 Å². The smallest absolute Gasteiger partial charge is 0.261 e. The van der Waals surface area contributed by atoms with E-state index in [0.717, 1.165) is 5.56 Å². The van der Waals surface area contributed by atoms with Gasteiger partial charge in [0.05, 0.1) is 6.04 Å². The Hall–Kier alpha value is -2.01. The van der Waals surface area contributed by atoms with Crippen molar-refractivity contribution in [1.82, 2.24) is 15.1 Å². The zero-order valence-electron chi connectivity index (χ0n) is 15.4. The molecule has 7 heteroatoms. The molecule has 2 rings (SSSR count). The predicted molar refractivity (Wildman–Crippen MR) is 103 cm³/mol. The van der Waals surface area contributed by atoms with E-state index in [4.69, 9.17) is 0 Å². The van der Waals surface area contributed by atoms with Crippen LogP contribution in [0.4, 0.5) is 0 Å². The Morgan fingerprint density at radius 3 is 2.46 bits per heavy atom. The van der Waals surface area contributed by atoms with Gasteiger partial charge in [-0.25, -0.2) is 10.2 Å². The van der Waals surface area contributed by atoms with Crippen LogP contribution in [0.5, 0.6) is 0 Å². The van der Waals surface area contributed by atoms with E-state index in [1.165, 1.54) is 0 Å². The number of nitrogens with zero attached hydrogens (tertiary/aromatic N) is 2. The molecule has 6 nitrogen and oxygen atoms in total. The van der Waals surface area contributed by atoms with E-state index >= 15 is 0 Å². The fourth-order valence-electron chi connectivity index (χ4n) is 2.93. The average Bonchev–Trinajstić information content (AvgIpc) is 2.65. The van der Waals surface area contributed by atoms with E-state index in [-0.39, 0.29) is 5.92 Å². The molecular formula is C19H26N3O3P. The summed E-state index contributed by atoms with van der Waals surface area (Å²) in [6.45, 7) is 5.93. The van der Waals surface area contributed by atoms with Crippen molar-refractivity contribution in [2.45, 2.75) is 32.9 Å². The summed E-state index contributed by atoms with van der Waals surface area (Å²) in [5.74, 6) is -0.370. The standard InChI is InChI=1S/C19H26N3O3P/c1-15(2)12-18(19(23)21-24)22(14-16-8-7-11-20-13-16)26(3,25)17-9-5-4-6-10-17/h4-11,13,15,18,24H,12,14H2,1-3H3,(H,21,23). The van der Waals surface area contributed by atoms with Crippen LogP contribution in [0.2, 0.25) is 0 Å². The summed E-state index contributed by atoms with van der Waals surface area (Å²) >= 11 is 0. The van der Waals surface area contributed by atoms with Crippen LogP contribution in [-0.4, -0.2) is 33.5 Å². The predicted octanol–water partition coefficient (Wildman–Crippen LogP) is 3.04. The molecule has 2 atom stereocenters. The molecule has 2 aromatic rings. The molecule has 0 spiro atoms. The normalized spacial score (nSPS) is 14.8. The Morgan fingerprint density at radius 2 is 1.92 bits per heavy atom. The lowest BCUT2D eigenvalue weighted by molar-refractivity contribution is -0.133. The number of amides is 1. The summed E-state index contributed by atoms with van der Waals surface area (Å²) < 4.78 is 15.5. The van der Waals surface area contributed by atoms with E-state index < -0.39 is 19.2 Å². The first-order valence-electron chi connectivity index (χ1n) is 8.59. The average molecular weight is 375 g/mol. The van der Waals surface area contributed by atoms with E-state index in [1.807, 2.05) is 38.1 Å². The fourth-order valence-corrected chi connectivity index (χ4v) is 5.11. The first-order chi connectivity index (χ1) is 12.4. The number of rotatable bonds is 8. The summed E-state index contributed by atoms with van der Waals surface area (Å²) in [6, 6.07) is 12.1. The summed E-state index contributed by atoms with van der Waals surface area (Å²) in [5.41, 5.74) is 2.59. The number of hydrogen-bond donors (Lipinski definition) is 2. The van der Waals surface area contributed by atoms with E-state index in [1.54, 1.807) is 47.4 Å². The topological polar surface area (TPSA) is 82.5 Å².